The van der Waals surface area contributed by atoms with Crippen LogP contribution < -0.4 is 19.5 Å². The van der Waals surface area contributed by atoms with Crippen molar-refractivity contribution in [3.8, 4) is 17.2 Å². The minimum atomic E-state index is -0.254. The smallest absolute Gasteiger partial charge is 0.255 e. The largest absolute Gasteiger partial charge is 0.493 e. The van der Waals surface area contributed by atoms with Crippen LogP contribution >= 0.6 is 0 Å². The van der Waals surface area contributed by atoms with Crippen LogP contribution in [0.2, 0.25) is 0 Å². The number of benzene rings is 2. The number of ether oxygens (including phenoxy) is 3. The van der Waals surface area contributed by atoms with Gasteiger partial charge in [0.15, 0.2) is 11.5 Å². The number of carbonyl (C=O) groups is 1. The van der Waals surface area contributed by atoms with Crippen molar-refractivity contribution in [1.29, 1.82) is 0 Å². The molecule has 0 aliphatic heterocycles. The van der Waals surface area contributed by atoms with E-state index in [-0.39, 0.29) is 5.91 Å². The van der Waals surface area contributed by atoms with Crippen molar-refractivity contribution < 1.29 is 19.0 Å². The lowest BCUT2D eigenvalue weighted by Gasteiger charge is -2.14. The summed E-state index contributed by atoms with van der Waals surface area (Å²) in [4.78, 5) is 12.7. The molecule has 0 unspecified atom stereocenters. The van der Waals surface area contributed by atoms with Gasteiger partial charge in [0.1, 0.15) is 0 Å². The van der Waals surface area contributed by atoms with Crippen molar-refractivity contribution in [3.63, 3.8) is 0 Å². The zero-order valence-corrected chi connectivity index (χ0v) is 14.6. The van der Waals surface area contributed by atoms with Gasteiger partial charge in [0.05, 0.1) is 27.0 Å². The number of amides is 1. The summed E-state index contributed by atoms with van der Waals surface area (Å²) in [5, 5.41) is 3.93. The Hall–Kier alpha value is -3.15. The first-order chi connectivity index (χ1) is 12.1. The highest BCUT2D eigenvalue weighted by molar-refractivity contribution is 6.09. The zero-order chi connectivity index (χ0) is 18.0. The monoisotopic (exact) mass is 340 g/mol. The van der Waals surface area contributed by atoms with Crippen molar-refractivity contribution in [2.24, 2.45) is 7.05 Å². The molecule has 3 rings (SSSR count). The molecule has 6 nitrogen and oxygen atoms in total. The van der Waals surface area contributed by atoms with E-state index in [2.05, 4.69) is 5.32 Å². The van der Waals surface area contributed by atoms with E-state index in [1.807, 2.05) is 42.1 Å². The molecule has 0 radical (unpaired) electrons. The molecule has 6 heteroatoms. The second kappa shape index (κ2) is 6.76. The quantitative estimate of drug-likeness (QED) is 0.773. The molecule has 0 saturated heterocycles. The maximum Gasteiger partial charge on any atom is 0.255 e. The van der Waals surface area contributed by atoms with Crippen molar-refractivity contribution in [2.75, 3.05) is 26.6 Å². The van der Waals surface area contributed by atoms with Gasteiger partial charge in [-0.15, -0.1) is 0 Å². The van der Waals surface area contributed by atoms with Crippen LogP contribution in [-0.2, 0) is 7.05 Å². The number of nitrogens with zero attached hydrogens (tertiary/aromatic N) is 1. The Morgan fingerprint density at radius 2 is 1.68 bits per heavy atom. The molecule has 1 heterocycles. The Bertz CT molecular complexity index is 905. The van der Waals surface area contributed by atoms with Crippen LogP contribution in [0.1, 0.15) is 10.4 Å². The highest BCUT2D eigenvalue weighted by Gasteiger charge is 2.17. The maximum absolute atomic E-state index is 12.7. The fourth-order valence-corrected chi connectivity index (χ4v) is 2.82. The molecule has 0 spiro atoms. The Morgan fingerprint density at radius 1 is 1.00 bits per heavy atom. The summed E-state index contributed by atoms with van der Waals surface area (Å²) < 4.78 is 17.9. The first kappa shape index (κ1) is 16.7. The number of fused-ring (bicyclic) bond motifs is 1. The maximum atomic E-state index is 12.7. The lowest BCUT2D eigenvalue weighted by molar-refractivity contribution is 0.102. The second-order valence-corrected chi connectivity index (χ2v) is 5.53. The Kier molecular flexibility index (Phi) is 4.52. The molecule has 130 valence electrons. The fourth-order valence-electron chi connectivity index (χ4n) is 2.82. The SMILES string of the molecule is COc1cc(C(=O)Nc2cccc3c2ccn3C)cc(OC)c1OC. The standard InChI is InChI=1S/C19H20N2O4/c1-21-9-8-13-14(6-5-7-15(13)21)20-19(22)12-10-16(23-2)18(25-4)17(11-12)24-3/h5-11H,1-4H3,(H,20,22). The van der Waals surface area contributed by atoms with Crippen molar-refractivity contribution >= 4 is 22.5 Å². The van der Waals surface area contributed by atoms with Gasteiger partial charge in [-0.1, -0.05) is 6.07 Å². The lowest BCUT2D eigenvalue weighted by Crippen LogP contribution is -2.13. The van der Waals surface area contributed by atoms with Gasteiger partial charge < -0.3 is 24.1 Å². The third-order valence-electron chi connectivity index (χ3n) is 4.10. The van der Waals surface area contributed by atoms with Crippen LogP contribution in [0.4, 0.5) is 5.69 Å². The summed E-state index contributed by atoms with van der Waals surface area (Å²) >= 11 is 0. The van der Waals surface area contributed by atoms with E-state index in [9.17, 15) is 4.79 Å². The first-order valence-electron chi connectivity index (χ1n) is 7.74. The van der Waals surface area contributed by atoms with Crippen LogP contribution in [0.3, 0.4) is 0 Å². The summed E-state index contributed by atoms with van der Waals surface area (Å²) in [5.74, 6) is 1.07. The van der Waals surface area contributed by atoms with Crippen LogP contribution in [0.5, 0.6) is 17.2 Å². The van der Waals surface area contributed by atoms with Crippen LogP contribution in [0.25, 0.3) is 10.9 Å². The third-order valence-corrected chi connectivity index (χ3v) is 4.10. The topological polar surface area (TPSA) is 61.7 Å². The Labute approximate surface area is 145 Å². The predicted octanol–water partition coefficient (Wildman–Crippen LogP) is 3.46. The molecule has 1 amide bonds. The molecule has 0 saturated carbocycles. The molecule has 3 aromatic rings. The van der Waals surface area contributed by atoms with Gasteiger partial charge in [0, 0.05) is 29.7 Å². The number of hydrogen-bond donors (Lipinski definition) is 1. The average molecular weight is 340 g/mol. The van der Waals surface area contributed by atoms with Gasteiger partial charge in [-0.05, 0) is 30.3 Å². The van der Waals surface area contributed by atoms with E-state index in [1.165, 1.54) is 21.3 Å². The average Bonchev–Trinajstić information content (AvgIpc) is 3.02. The number of hydrogen-bond acceptors (Lipinski definition) is 4. The van der Waals surface area contributed by atoms with E-state index in [0.717, 1.165) is 16.6 Å². The highest BCUT2D eigenvalue weighted by atomic mass is 16.5. The van der Waals surface area contributed by atoms with Crippen LogP contribution in [0.15, 0.2) is 42.6 Å². The summed E-state index contributed by atoms with van der Waals surface area (Å²) in [5.41, 5.74) is 2.21. The summed E-state index contributed by atoms with van der Waals surface area (Å²) in [6, 6.07) is 11.0. The molecule has 0 aliphatic rings. The lowest BCUT2D eigenvalue weighted by atomic mass is 10.1. The Balaban J connectivity index is 1.98. The summed E-state index contributed by atoms with van der Waals surface area (Å²) in [7, 11) is 6.52. The first-order valence-corrected chi connectivity index (χ1v) is 7.74. The Morgan fingerprint density at radius 3 is 2.28 bits per heavy atom. The summed E-state index contributed by atoms with van der Waals surface area (Å²) in [6.07, 6.45) is 1.96. The molecule has 0 fully saturated rings. The van der Waals surface area contributed by atoms with Crippen LogP contribution in [0, 0.1) is 0 Å². The van der Waals surface area contributed by atoms with E-state index in [1.54, 1.807) is 12.1 Å². The van der Waals surface area contributed by atoms with Gasteiger partial charge in [-0.2, -0.15) is 0 Å². The minimum Gasteiger partial charge on any atom is -0.493 e. The predicted molar refractivity (Wildman–Crippen MR) is 97.0 cm³/mol. The zero-order valence-electron chi connectivity index (χ0n) is 14.6. The van der Waals surface area contributed by atoms with Gasteiger partial charge >= 0.3 is 0 Å². The van der Waals surface area contributed by atoms with Crippen molar-refractivity contribution in [3.05, 3.63) is 48.2 Å². The number of rotatable bonds is 5. The highest BCUT2D eigenvalue weighted by Crippen LogP contribution is 2.38. The van der Waals surface area contributed by atoms with Crippen molar-refractivity contribution in [1.82, 2.24) is 4.57 Å². The number of carbonyl (C=O) groups excluding carboxylic acids is 1. The third kappa shape index (κ3) is 2.98. The molecular formula is C19H20N2O4. The minimum absolute atomic E-state index is 0.254. The van der Waals surface area contributed by atoms with Gasteiger partial charge in [0.2, 0.25) is 5.75 Å². The molecule has 1 N–H and O–H groups in total. The number of aromatic nitrogens is 1. The molecule has 0 aliphatic carbocycles. The van der Waals surface area contributed by atoms with Gasteiger partial charge in [0.25, 0.3) is 5.91 Å². The number of aryl methyl sites for hydroxylation is 1. The van der Waals surface area contributed by atoms with Crippen molar-refractivity contribution in [2.45, 2.75) is 0 Å². The second-order valence-electron chi connectivity index (χ2n) is 5.53. The number of methoxy groups -OCH3 is 3. The van der Waals surface area contributed by atoms with E-state index in [0.29, 0.717) is 22.8 Å². The normalized spacial score (nSPS) is 10.6. The van der Waals surface area contributed by atoms with Gasteiger partial charge in [-0.25, -0.2) is 0 Å². The number of nitrogens with one attached hydrogen (secondary N) is 1. The number of anilines is 1. The molecule has 25 heavy (non-hydrogen) atoms. The molecular weight excluding hydrogens is 320 g/mol. The van der Waals surface area contributed by atoms with E-state index in [4.69, 9.17) is 14.2 Å². The van der Waals surface area contributed by atoms with E-state index >= 15 is 0 Å². The molecule has 1 aromatic heterocycles. The van der Waals surface area contributed by atoms with Crippen LogP contribution in [-0.4, -0.2) is 31.8 Å². The fraction of sp³-hybridized carbons (Fsp3) is 0.211. The summed E-state index contributed by atoms with van der Waals surface area (Å²) in [6.45, 7) is 0. The van der Waals surface area contributed by atoms with E-state index < -0.39 is 0 Å². The molecule has 0 bridgehead atoms. The molecule has 0 atom stereocenters. The molecule has 2 aromatic carbocycles. The van der Waals surface area contributed by atoms with Gasteiger partial charge in [-0.3, -0.25) is 4.79 Å².